The summed E-state index contributed by atoms with van der Waals surface area (Å²) >= 11 is 15.1. The molecule has 0 saturated heterocycles. The number of ether oxygens (including phenoxy) is 1. The van der Waals surface area contributed by atoms with Crippen LogP contribution in [0.25, 0.3) is 0 Å². The third kappa shape index (κ3) is 5.00. The first-order chi connectivity index (χ1) is 10.1. The van der Waals surface area contributed by atoms with Crippen LogP contribution in [0.4, 0.5) is 5.95 Å². The van der Waals surface area contributed by atoms with Gasteiger partial charge in [-0.05, 0) is 28.1 Å². The Morgan fingerprint density at radius 1 is 1.29 bits per heavy atom. The second-order valence-electron chi connectivity index (χ2n) is 4.12. The minimum atomic E-state index is -0.743. The number of nitrogens with zero attached hydrogens (tertiary/aromatic N) is 2. The molecule has 2 aromatic rings. The van der Waals surface area contributed by atoms with Gasteiger partial charge < -0.3 is 15.2 Å². The maximum absolute atomic E-state index is 9.86. The summed E-state index contributed by atoms with van der Waals surface area (Å²) in [5.74, 6) is 0.862. The molecule has 1 heterocycles. The van der Waals surface area contributed by atoms with Crippen molar-refractivity contribution in [1.82, 2.24) is 9.97 Å². The summed E-state index contributed by atoms with van der Waals surface area (Å²) < 4.78 is 6.22. The van der Waals surface area contributed by atoms with E-state index in [4.69, 9.17) is 27.9 Å². The number of rotatable bonds is 6. The lowest BCUT2D eigenvalue weighted by Gasteiger charge is -2.14. The van der Waals surface area contributed by atoms with E-state index in [0.29, 0.717) is 21.7 Å². The zero-order chi connectivity index (χ0) is 15.2. The van der Waals surface area contributed by atoms with Gasteiger partial charge in [0.05, 0.1) is 9.50 Å². The number of aliphatic hydroxyl groups is 1. The van der Waals surface area contributed by atoms with Gasteiger partial charge >= 0.3 is 0 Å². The Morgan fingerprint density at radius 3 is 2.71 bits per heavy atom. The standard InChI is InChI=1S/C13H12BrCl2N3O2/c14-8-4-17-13(18-5-8)19-6-9(20)7-21-11-3-1-2-10(15)12(11)16/h1-5,9,20H,6-7H2,(H,17,18,19)/t9-/m1/s1. The van der Waals surface area contributed by atoms with Crippen molar-refractivity contribution in [3.05, 3.63) is 45.1 Å². The van der Waals surface area contributed by atoms with Crippen LogP contribution in [-0.2, 0) is 0 Å². The van der Waals surface area contributed by atoms with Crippen molar-refractivity contribution in [2.24, 2.45) is 0 Å². The summed E-state index contributed by atoms with van der Waals surface area (Å²) in [5.41, 5.74) is 0. The van der Waals surface area contributed by atoms with Crippen LogP contribution in [0.15, 0.2) is 35.1 Å². The Kier molecular flexibility index (Phi) is 6.05. The second kappa shape index (κ2) is 7.79. The molecule has 21 heavy (non-hydrogen) atoms. The SMILES string of the molecule is O[C@H](CNc1ncc(Br)cn1)COc1cccc(Cl)c1Cl. The van der Waals surface area contributed by atoms with Crippen molar-refractivity contribution in [3.63, 3.8) is 0 Å². The first kappa shape index (κ1) is 16.3. The number of aromatic nitrogens is 2. The Labute approximate surface area is 140 Å². The van der Waals surface area contributed by atoms with Crippen LogP contribution in [0, 0.1) is 0 Å². The van der Waals surface area contributed by atoms with Crippen molar-refractivity contribution in [2.75, 3.05) is 18.5 Å². The molecule has 2 rings (SSSR count). The molecule has 0 spiro atoms. The Morgan fingerprint density at radius 2 is 2.00 bits per heavy atom. The van der Waals surface area contributed by atoms with Gasteiger partial charge in [-0.3, -0.25) is 0 Å². The summed E-state index contributed by atoms with van der Waals surface area (Å²) in [6.07, 6.45) is 2.49. The van der Waals surface area contributed by atoms with E-state index in [9.17, 15) is 5.11 Å². The van der Waals surface area contributed by atoms with E-state index in [1.807, 2.05) is 0 Å². The second-order valence-corrected chi connectivity index (χ2v) is 5.82. The average Bonchev–Trinajstić information content (AvgIpc) is 2.48. The molecule has 0 amide bonds. The molecule has 8 heteroatoms. The number of benzene rings is 1. The van der Waals surface area contributed by atoms with E-state index in [1.165, 1.54) is 0 Å². The lowest BCUT2D eigenvalue weighted by molar-refractivity contribution is 0.117. The molecule has 0 bridgehead atoms. The van der Waals surface area contributed by atoms with Crippen LogP contribution in [-0.4, -0.2) is 34.3 Å². The van der Waals surface area contributed by atoms with E-state index in [-0.39, 0.29) is 13.2 Å². The molecular formula is C13H12BrCl2N3O2. The summed E-state index contributed by atoms with van der Waals surface area (Å²) in [6.45, 7) is 0.323. The molecule has 0 radical (unpaired) electrons. The first-order valence-electron chi connectivity index (χ1n) is 6.02. The van der Waals surface area contributed by atoms with Gasteiger partial charge in [-0.25, -0.2) is 9.97 Å². The van der Waals surface area contributed by atoms with E-state index >= 15 is 0 Å². The van der Waals surface area contributed by atoms with E-state index in [2.05, 4.69) is 31.2 Å². The number of halogens is 3. The molecule has 1 aromatic carbocycles. The van der Waals surface area contributed by atoms with Gasteiger partial charge in [-0.15, -0.1) is 0 Å². The molecule has 0 aliphatic rings. The molecule has 0 unspecified atom stereocenters. The molecule has 1 atom stereocenters. The maximum atomic E-state index is 9.86. The fourth-order valence-electron chi connectivity index (χ4n) is 1.45. The van der Waals surface area contributed by atoms with Crippen molar-refractivity contribution in [2.45, 2.75) is 6.10 Å². The van der Waals surface area contributed by atoms with Gasteiger partial charge in [0.2, 0.25) is 5.95 Å². The highest BCUT2D eigenvalue weighted by Gasteiger charge is 2.09. The van der Waals surface area contributed by atoms with Gasteiger partial charge in [-0.2, -0.15) is 0 Å². The normalized spacial score (nSPS) is 12.0. The van der Waals surface area contributed by atoms with Gasteiger partial charge in [0, 0.05) is 18.9 Å². The van der Waals surface area contributed by atoms with E-state index < -0.39 is 6.10 Å². The number of hydrogen-bond acceptors (Lipinski definition) is 5. The number of hydrogen-bond donors (Lipinski definition) is 2. The fourth-order valence-corrected chi connectivity index (χ4v) is 2.00. The summed E-state index contributed by atoms with van der Waals surface area (Å²) in [4.78, 5) is 8.07. The van der Waals surface area contributed by atoms with Crippen molar-refractivity contribution < 1.29 is 9.84 Å². The molecule has 112 valence electrons. The minimum Gasteiger partial charge on any atom is -0.489 e. The molecule has 2 N–H and O–H groups in total. The topological polar surface area (TPSA) is 67.3 Å². The predicted molar refractivity (Wildman–Crippen MR) is 86.2 cm³/mol. The quantitative estimate of drug-likeness (QED) is 0.788. The van der Waals surface area contributed by atoms with Crippen molar-refractivity contribution in [3.8, 4) is 5.75 Å². The molecule has 0 aliphatic carbocycles. The number of nitrogens with one attached hydrogen (secondary N) is 1. The van der Waals surface area contributed by atoms with Crippen LogP contribution in [0.1, 0.15) is 0 Å². The predicted octanol–water partition coefficient (Wildman–Crippen LogP) is 3.40. The molecular weight excluding hydrogens is 381 g/mol. The van der Waals surface area contributed by atoms with Crippen LogP contribution >= 0.6 is 39.1 Å². The van der Waals surface area contributed by atoms with Crippen LogP contribution in [0.3, 0.4) is 0 Å². The highest BCUT2D eigenvalue weighted by molar-refractivity contribution is 9.10. The molecule has 0 fully saturated rings. The van der Waals surface area contributed by atoms with Gasteiger partial charge in [0.1, 0.15) is 23.5 Å². The minimum absolute atomic E-state index is 0.0730. The molecule has 0 saturated carbocycles. The van der Waals surface area contributed by atoms with E-state index in [0.717, 1.165) is 4.47 Å². The maximum Gasteiger partial charge on any atom is 0.222 e. The highest BCUT2D eigenvalue weighted by atomic mass is 79.9. The Hall–Kier alpha value is -1.08. The Balaban J connectivity index is 1.80. The number of aliphatic hydroxyl groups excluding tert-OH is 1. The highest BCUT2D eigenvalue weighted by Crippen LogP contribution is 2.31. The molecule has 1 aromatic heterocycles. The molecule has 0 aliphatic heterocycles. The van der Waals surface area contributed by atoms with Gasteiger partial charge in [0.25, 0.3) is 0 Å². The zero-order valence-electron chi connectivity index (χ0n) is 10.8. The lowest BCUT2D eigenvalue weighted by Crippen LogP contribution is -2.27. The fraction of sp³-hybridized carbons (Fsp3) is 0.231. The average molecular weight is 393 g/mol. The summed E-state index contributed by atoms with van der Waals surface area (Å²) in [6, 6.07) is 5.08. The van der Waals surface area contributed by atoms with Crippen LogP contribution in [0.5, 0.6) is 5.75 Å². The van der Waals surface area contributed by atoms with Crippen LogP contribution < -0.4 is 10.1 Å². The molecule has 5 nitrogen and oxygen atoms in total. The van der Waals surface area contributed by atoms with Crippen molar-refractivity contribution in [1.29, 1.82) is 0 Å². The summed E-state index contributed by atoms with van der Waals surface area (Å²) in [7, 11) is 0. The largest absolute Gasteiger partial charge is 0.489 e. The number of anilines is 1. The zero-order valence-corrected chi connectivity index (χ0v) is 13.9. The smallest absolute Gasteiger partial charge is 0.222 e. The lowest BCUT2D eigenvalue weighted by atomic mass is 10.3. The van der Waals surface area contributed by atoms with Gasteiger partial charge in [-0.1, -0.05) is 29.3 Å². The Bertz CT molecular complexity index is 598. The first-order valence-corrected chi connectivity index (χ1v) is 7.57. The van der Waals surface area contributed by atoms with Gasteiger partial charge in [0.15, 0.2) is 0 Å². The van der Waals surface area contributed by atoms with E-state index in [1.54, 1.807) is 30.6 Å². The van der Waals surface area contributed by atoms with Crippen molar-refractivity contribution >= 4 is 45.1 Å². The summed E-state index contributed by atoms with van der Waals surface area (Å²) in [5, 5.41) is 13.5. The third-order valence-corrected chi connectivity index (χ3v) is 3.67. The third-order valence-electron chi connectivity index (χ3n) is 2.46. The monoisotopic (exact) mass is 391 g/mol. The van der Waals surface area contributed by atoms with Crippen LogP contribution in [0.2, 0.25) is 10.0 Å².